The van der Waals surface area contributed by atoms with Crippen LogP contribution in [0, 0.1) is 6.92 Å². The summed E-state index contributed by atoms with van der Waals surface area (Å²) in [5, 5.41) is 0. The smallest absolute Gasteiger partial charge is 0.225 e. The summed E-state index contributed by atoms with van der Waals surface area (Å²) >= 11 is 0. The molecule has 138 valence electrons. The van der Waals surface area contributed by atoms with Crippen LogP contribution < -0.4 is 9.80 Å². The van der Waals surface area contributed by atoms with Gasteiger partial charge in [-0.15, -0.1) is 0 Å². The fourth-order valence-electron chi connectivity index (χ4n) is 3.68. The molecule has 2 aliphatic rings. The summed E-state index contributed by atoms with van der Waals surface area (Å²) in [5.74, 6) is 2.97. The molecule has 0 amide bonds. The molecule has 0 saturated carbocycles. The summed E-state index contributed by atoms with van der Waals surface area (Å²) in [6.45, 7) is 12.3. The van der Waals surface area contributed by atoms with Gasteiger partial charge in [0, 0.05) is 55.2 Å². The van der Waals surface area contributed by atoms with Gasteiger partial charge in [0.05, 0.1) is 0 Å². The molecule has 1 fully saturated rings. The van der Waals surface area contributed by atoms with Crippen molar-refractivity contribution in [3.8, 4) is 0 Å². The molecule has 4 rings (SSSR count). The first-order chi connectivity index (χ1) is 12.4. The predicted molar refractivity (Wildman–Crippen MR) is 104 cm³/mol. The Kier molecular flexibility index (Phi) is 4.29. The predicted octanol–water partition coefficient (Wildman–Crippen LogP) is 2.69. The number of anilines is 2. The Morgan fingerprint density at radius 3 is 2.19 bits per heavy atom. The average Bonchev–Trinajstić information content (AvgIpc) is 3.10. The van der Waals surface area contributed by atoms with E-state index in [4.69, 9.17) is 9.97 Å². The number of fused-ring (bicyclic) bond motifs is 1. The van der Waals surface area contributed by atoms with Gasteiger partial charge in [0.1, 0.15) is 11.6 Å². The van der Waals surface area contributed by atoms with E-state index in [-0.39, 0.29) is 5.41 Å². The van der Waals surface area contributed by atoms with Crippen LogP contribution in [0.4, 0.5) is 11.8 Å². The maximum absolute atomic E-state index is 5.01. The lowest BCUT2D eigenvalue weighted by atomic mass is 9.95. The Balaban J connectivity index is 1.56. The van der Waals surface area contributed by atoms with E-state index in [0.717, 1.165) is 56.4 Å². The molecule has 2 aromatic heterocycles. The van der Waals surface area contributed by atoms with Crippen molar-refractivity contribution in [1.82, 2.24) is 19.9 Å². The zero-order valence-electron chi connectivity index (χ0n) is 16.3. The Morgan fingerprint density at radius 2 is 1.54 bits per heavy atom. The van der Waals surface area contributed by atoms with Crippen molar-refractivity contribution in [3.63, 3.8) is 0 Å². The first kappa shape index (κ1) is 17.2. The highest BCUT2D eigenvalue weighted by atomic mass is 15.3. The van der Waals surface area contributed by atoms with E-state index >= 15 is 0 Å². The van der Waals surface area contributed by atoms with Gasteiger partial charge in [0.15, 0.2) is 0 Å². The fraction of sp³-hybridized carbons (Fsp3) is 0.600. The summed E-state index contributed by atoms with van der Waals surface area (Å²) < 4.78 is 0. The molecule has 0 spiro atoms. The molecule has 0 radical (unpaired) electrons. The van der Waals surface area contributed by atoms with Crippen LogP contribution in [-0.4, -0.2) is 46.1 Å². The van der Waals surface area contributed by atoms with E-state index in [1.807, 2.05) is 19.3 Å². The first-order valence-electron chi connectivity index (χ1n) is 9.60. The highest BCUT2D eigenvalue weighted by molar-refractivity contribution is 5.53. The SMILES string of the molecule is Cc1cnc(N2CCN(c3nc(C(C)(C)C)nc4c3CCC4)CC2)nc1. The largest absolute Gasteiger partial charge is 0.353 e. The number of hydrogen-bond acceptors (Lipinski definition) is 6. The monoisotopic (exact) mass is 352 g/mol. The van der Waals surface area contributed by atoms with Crippen molar-refractivity contribution in [3.05, 3.63) is 35.0 Å². The molecule has 26 heavy (non-hydrogen) atoms. The molecular formula is C20H28N6. The third-order valence-corrected chi connectivity index (χ3v) is 5.21. The summed E-state index contributed by atoms with van der Waals surface area (Å²) in [5.41, 5.74) is 3.71. The molecule has 3 heterocycles. The second kappa shape index (κ2) is 6.49. The number of aromatic nitrogens is 4. The van der Waals surface area contributed by atoms with Gasteiger partial charge in [-0.1, -0.05) is 20.8 Å². The third-order valence-electron chi connectivity index (χ3n) is 5.21. The Bertz CT molecular complexity index is 785. The molecule has 0 N–H and O–H groups in total. The molecule has 6 nitrogen and oxygen atoms in total. The number of nitrogens with zero attached hydrogens (tertiary/aromatic N) is 6. The fourth-order valence-corrected chi connectivity index (χ4v) is 3.68. The Labute approximate surface area is 155 Å². The molecule has 0 aromatic carbocycles. The van der Waals surface area contributed by atoms with E-state index in [1.54, 1.807) is 0 Å². The van der Waals surface area contributed by atoms with Crippen molar-refractivity contribution in [2.45, 2.75) is 52.4 Å². The zero-order valence-corrected chi connectivity index (χ0v) is 16.3. The minimum atomic E-state index is -0.0239. The van der Waals surface area contributed by atoms with Gasteiger partial charge in [0.25, 0.3) is 0 Å². The van der Waals surface area contributed by atoms with Crippen molar-refractivity contribution in [2.24, 2.45) is 0 Å². The van der Waals surface area contributed by atoms with Gasteiger partial charge in [-0.05, 0) is 31.7 Å². The van der Waals surface area contributed by atoms with Crippen molar-refractivity contribution >= 4 is 11.8 Å². The molecule has 1 aliphatic carbocycles. The maximum atomic E-state index is 5.01. The van der Waals surface area contributed by atoms with Crippen LogP contribution in [0.15, 0.2) is 12.4 Å². The molecule has 6 heteroatoms. The van der Waals surface area contributed by atoms with Crippen molar-refractivity contribution in [2.75, 3.05) is 36.0 Å². The second-order valence-electron chi connectivity index (χ2n) is 8.43. The number of aryl methyl sites for hydroxylation is 2. The Hall–Kier alpha value is -2.24. The van der Waals surface area contributed by atoms with Gasteiger partial charge >= 0.3 is 0 Å². The maximum Gasteiger partial charge on any atom is 0.225 e. The van der Waals surface area contributed by atoms with Crippen LogP contribution in [-0.2, 0) is 18.3 Å². The molecule has 0 unspecified atom stereocenters. The molecule has 0 bridgehead atoms. The minimum absolute atomic E-state index is 0.0239. The summed E-state index contributed by atoms with van der Waals surface area (Å²) in [6.07, 6.45) is 7.17. The van der Waals surface area contributed by atoms with Gasteiger partial charge in [0.2, 0.25) is 5.95 Å². The Morgan fingerprint density at radius 1 is 0.885 bits per heavy atom. The second-order valence-corrected chi connectivity index (χ2v) is 8.43. The van der Waals surface area contributed by atoms with Crippen molar-refractivity contribution < 1.29 is 0 Å². The van der Waals surface area contributed by atoms with E-state index < -0.39 is 0 Å². The lowest BCUT2D eigenvalue weighted by Gasteiger charge is -2.36. The van der Waals surface area contributed by atoms with Crippen LogP contribution in [0.3, 0.4) is 0 Å². The molecule has 2 aromatic rings. The third kappa shape index (κ3) is 3.24. The standard InChI is InChI=1S/C20H28N6/c1-14-12-21-19(22-13-14)26-10-8-25(9-11-26)17-15-6-5-7-16(15)23-18(24-17)20(2,3)4/h12-13H,5-11H2,1-4H3. The molecule has 0 atom stereocenters. The highest BCUT2D eigenvalue weighted by Crippen LogP contribution is 2.32. The molecule has 1 saturated heterocycles. The quantitative estimate of drug-likeness (QED) is 0.828. The summed E-state index contributed by atoms with van der Waals surface area (Å²) in [6, 6.07) is 0. The summed E-state index contributed by atoms with van der Waals surface area (Å²) in [4.78, 5) is 23.5. The summed E-state index contributed by atoms with van der Waals surface area (Å²) in [7, 11) is 0. The van der Waals surface area contributed by atoms with E-state index in [0.29, 0.717) is 0 Å². The lowest BCUT2D eigenvalue weighted by Crippen LogP contribution is -2.48. The van der Waals surface area contributed by atoms with Gasteiger partial charge in [-0.2, -0.15) is 0 Å². The normalized spacial score (nSPS) is 17.5. The zero-order chi connectivity index (χ0) is 18.3. The topological polar surface area (TPSA) is 58.0 Å². The lowest BCUT2D eigenvalue weighted by molar-refractivity contribution is 0.538. The first-order valence-corrected chi connectivity index (χ1v) is 9.60. The number of hydrogen-bond donors (Lipinski definition) is 0. The van der Waals surface area contributed by atoms with E-state index in [1.165, 1.54) is 23.5 Å². The van der Waals surface area contributed by atoms with Crippen LogP contribution in [0.5, 0.6) is 0 Å². The van der Waals surface area contributed by atoms with E-state index in [9.17, 15) is 0 Å². The molecular weight excluding hydrogens is 324 g/mol. The minimum Gasteiger partial charge on any atom is -0.353 e. The van der Waals surface area contributed by atoms with Crippen LogP contribution in [0.2, 0.25) is 0 Å². The van der Waals surface area contributed by atoms with Gasteiger partial charge < -0.3 is 9.80 Å². The average molecular weight is 352 g/mol. The number of rotatable bonds is 2. The van der Waals surface area contributed by atoms with Gasteiger partial charge in [-0.25, -0.2) is 19.9 Å². The van der Waals surface area contributed by atoms with E-state index in [2.05, 4.69) is 40.5 Å². The van der Waals surface area contributed by atoms with Crippen LogP contribution in [0.1, 0.15) is 49.8 Å². The molecule has 1 aliphatic heterocycles. The van der Waals surface area contributed by atoms with Gasteiger partial charge in [-0.3, -0.25) is 0 Å². The van der Waals surface area contributed by atoms with Crippen LogP contribution in [0.25, 0.3) is 0 Å². The van der Waals surface area contributed by atoms with Crippen LogP contribution >= 0.6 is 0 Å². The highest BCUT2D eigenvalue weighted by Gasteiger charge is 2.29. The van der Waals surface area contributed by atoms with Crippen molar-refractivity contribution in [1.29, 1.82) is 0 Å². The number of piperazine rings is 1.